The van der Waals surface area contributed by atoms with Gasteiger partial charge in [-0.3, -0.25) is 4.79 Å². The predicted octanol–water partition coefficient (Wildman–Crippen LogP) is 4.42. The lowest BCUT2D eigenvalue weighted by molar-refractivity contribution is 0.402. The molecular weight excluding hydrogens is 395 g/mol. The minimum absolute atomic E-state index is 0.0132. The van der Waals surface area contributed by atoms with Gasteiger partial charge in [0.2, 0.25) is 11.7 Å². The molecule has 5 nitrogen and oxygen atoms in total. The second-order valence-corrected chi connectivity index (χ2v) is 6.43. The van der Waals surface area contributed by atoms with Crippen LogP contribution in [0.3, 0.4) is 0 Å². The predicted molar refractivity (Wildman–Crippen MR) is 99.9 cm³/mol. The molecule has 0 aliphatic heterocycles. The number of aromatic nitrogens is 2. The van der Waals surface area contributed by atoms with Gasteiger partial charge in [0.15, 0.2) is 11.6 Å². The Hall–Kier alpha value is -3.00. The Morgan fingerprint density at radius 1 is 1.14 bits per heavy atom. The summed E-state index contributed by atoms with van der Waals surface area (Å²) >= 11 is 5.82. The number of ether oxygens (including phenoxy) is 1. The average Bonchev–Trinajstić information content (AvgIpc) is 2.64. The second-order valence-electron chi connectivity index (χ2n) is 6.02. The number of hydrogen-bond donors (Lipinski definition) is 1. The normalized spacial score (nSPS) is 10.8. The summed E-state index contributed by atoms with van der Waals surface area (Å²) < 4.78 is 46.9. The minimum Gasteiger partial charge on any atom is -0.490 e. The molecule has 1 N–H and O–H groups in total. The summed E-state index contributed by atoms with van der Waals surface area (Å²) in [5, 5.41) is 2.78. The number of rotatable bonds is 5. The molecule has 1 aromatic heterocycles. The monoisotopic (exact) mass is 409 g/mol. The molecule has 28 heavy (non-hydrogen) atoms. The van der Waals surface area contributed by atoms with Crippen LogP contribution in [0.1, 0.15) is 11.1 Å². The van der Waals surface area contributed by atoms with Gasteiger partial charge in [0.25, 0.3) is 0 Å². The standard InChI is InChI=1S/C19H15ClF3N3O2/c1-10-5-14(22)15(23)7-16(10)24-19-25-18(27)17(28-2)9-26(19)8-11-3-4-13(21)12(20)6-11/h3-7,9H,8H2,1-2H3,(H,24,25,27). The topological polar surface area (TPSA) is 56.1 Å². The van der Waals surface area contributed by atoms with Crippen molar-refractivity contribution < 1.29 is 17.9 Å². The summed E-state index contributed by atoms with van der Waals surface area (Å²) in [6, 6.07) is 6.19. The van der Waals surface area contributed by atoms with E-state index in [1.165, 1.54) is 36.1 Å². The van der Waals surface area contributed by atoms with Crippen LogP contribution in [0.15, 0.2) is 41.3 Å². The lowest BCUT2D eigenvalue weighted by atomic mass is 10.2. The SMILES string of the molecule is COc1cn(Cc2ccc(F)c(Cl)c2)c(Nc2cc(F)c(F)cc2C)nc1=O. The fourth-order valence-electron chi connectivity index (χ4n) is 2.57. The van der Waals surface area contributed by atoms with Crippen molar-refractivity contribution in [2.75, 3.05) is 12.4 Å². The van der Waals surface area contributed by atoms with Gasteiger partial charge >= 0.3 is 5.56 Å². The summed E-state index contributed by atoms with van der Waals surface area (Å²) in [5.74, 6) is -2.53. The first kappa shape index (κ1) is 19.8. The van der Waals surface area contributed by atoms with Crippen molar-refractivity contribution in [1.29, 1.82) is 0 Å². The van der Waals surface area contributed by atoms with Crippen LogP contribution in [0.4, 0.5) is 24.8 Å². The Morgan fingerprint density at radius 3 is 2.54 bits per heavy atom. The number of halogens is 4. The molecule has 0 unspecified atom stereocenters. The first-order valence-corrected chi connectivity index (χ1v) is 8.48. The smallest absolute Gasteiger partial charge is 0.316 e. The molecule has 0 saturated carbocycles. The number of nitrogens with one attached hydrogen (secondary N) is 1. The molecule has 0 spiro atoms. The highest BCUT2D eigenvalue weighted by molar-refractivity contribution is 6.30. The molecule has 0 atom stereocenters. The molecule has 9 heteroatoms. The highest BCUT2D eigenvalue weighted by Gasteiger charge is 2.13. The van der Waals surface area contributed by atoms with Crippen molar-refractivity contribution in [1.82, 2.24) is 9.55 Å². The summed E-state index contributed by atoms with van der Waals surface area (Å²) in [7, 11) is 1.32. The molecule has 0 radical (unpaired) electrons. The van der Waals surface area contributed by atoms with Crippen LogP contribution in [0.5, 0.6) is 5.75 Å². The van der Waals surface area contributed by atoms with E-state index in [1.54, 1.807) is 6.92 Å². The molecule has 0 saturated heterocycles. The highest BCUT2D eigenvalue weighted by Crippen LogP contribution is 2.24. The first-order valence-electron chi connectivity index (χ1n) is 8.10. The van der Waals surface area contributed by atoms with Crippen molar-refractivity contribution >= 4 is 23.2 Å². The zero-order valence-corrected chi connectivity index (χ0v) is 15.6. The minimum atomic E-state index is -1.04. The lowest BCUT2D eigenvalue weighted by Crippen LogP contribution is -2.19. The number of benzene rings is 2. The third kappa shape index (κ3) is 4.12. The maximum Gasteiger partial charge on any atom is 0.316 e. The summed E-state index contributed by atoms with van der Waals surface area (Å²) in [5.41, 5.74) is 0.643. The van der Waals surface area contributed by atoms with Crippen LogP contribution >= 0.6 is 11.6 Å². The number of nitrogens with zero attached hydrogens (tertiary/aromatic N) is 2. The summed E-state index contributed by atoms with van der Waals surface area (Å²) in [6.07, 6.45) is 1.41. The maximum absolute atomic E-state index is 13.6. The van der Waals surface area contributed by atoms with E-state index in [2.05, 4.69) is 10.3 Å². The van der Waals surface area contributed by atoms with E-state index in [0.29, 0.717) is 11.1 Å². The van der Waals surface area contributed by atoms with E-state index >= 15 is 0 Å². The lowest BCUT2D eigenvalue weighted by Gasteiger charge is -2.16. The zero-order valence-electron chi connectivity index (χ0n) is 14.9. The fourth-order valence-corrected chi connectivity index (χ4v) is 2.77. The van der Waals surface area contributed by atoms with Gasteiger partial charge in [0.05, 0.1) is 24.9 Å². The van der Waals surface area contributed by atoms with Crippen LogP contribution in [0.25, 0.3) is 0 Å². The molecule has 3 aromatic rings. The average molecular weight is 410 g/mol. The van der Waals surface area contributed by atoms with Crippen molar-refractivity contribution in [3.05, 3.63) is 80.5 Å². The molecule has 2 aromatic carbocycles. The third-order valence-electron chi connectivity index (χ3n) is 4.03. The molecule has 0 aliphatic carbocycles. The molecule has 1 heterocycles. The van der Waals surface area contributed by atoms with E-state index in [-0.39, 0.29) is 29.0 Å². The second kappa shape index (κ2) is 7.93. The number of anilines is 2. The van der Waals surface area contributed by atoms with E-state index in [0.717, 1.165) is 12.1 Å². The van der Waals surface area contributed by atoms with Crippen molar-refractivity contribution in [3.8, 4) is 5.75 Å². The third-order valence-corrected chi connectivity index (χ3v) is 4.32. The number of hydrogen-bond acceptors (Lipinski definition) is 4. The Morgan fingerprint density at radius 2 is 1.86 bits per heavy atom. The molecule has 0 bridgehead atoms. The Kier molecular flexibility index (Phi) is 5.60. The van der Waals surface area contributed by atoms with Crippen LogP contribution < -0.4 is 15.6 Å². The maximum atomic E-state index is 13.6. The van der Waals surface area contributed by atoms with Crippen molar-refractivity contribution in [3.63, 3.8) is 0 Å². The molecule has 3 rings (SSSR count). The van der Waals surface area contributed by atoms with Crippen LogP contribution in [0.2, 0.25) is 5.02 Å². The van der Waals surface area contributed by atoms with Gasteiger partial charge < -0.3 is 14.6 Å². The van der Waals surface area contributed by atoms with E-state index < -0.39 is 23.0 Å². The Bertz CT molecular complexity index is 1100. The van der Waals surface area contributed by atoms with Gasteiger partial charge in [0, 0.05) is 11.8 Å². The largest absolute Gasteiger partial charge is 0.490 e. The van der Waals surface area contributed by atoms with Crippen LogP contribution in [0, 0.1) is 24.4 Å². The van der Waals surface area contributed by atoms with E-state index in [9.17, 15) is 18.0 Å². The van der Waals surface area contributed by atoms with Crippen molar-refractivity contribution in [2.45, 2.75) is 13.5 Å². The van der Waals surface area contributed by atoms with Gasteiger partial charge in [-0.15, -0.1) is 0 Å². The number of aryl methyl sites for hydroxylation is 1. The molecule has 0 fully saturated rings. The molecular formula is C19H15ClF3N3O2. The molecule has 0 aliphatic rings. The summed E-state index contributed by atoms with van der Waals surface area (Å²) in [6.45, 7) is 1.74. The first-order chi connectivity index (χ1) is 13.3. The fraction of sp³-hybridized carbons (Fsp3) is 0.158. The highest BCUT2D eigenvalue weighted by atomic mass is 35.5. The van der Waals surface area contributed by atoms with Crippen LogP contribution in [-0.4, -0.2) is 16.7 Å². The van der Waals surface area contributed by atoms with Crippen molar-refractivity contribution in [2.24, 2.45) is 0 Å². The van der Waals surface area contributed by atoms with Gasteiger partial charge in [-0.2, -0.15) is 4.98 Å². The van der Waals surface area contributed by atoms with Gasteiger partial charge in [0.1, 0.15) is 5.82 Å². The van der Waals surface area contributed by atoms with E-state index in [1.807, 2.05) is 0 Å². The Balaban J connectivity index is 2.04. The molecule has 146 valence electrons. The Labute approximate surface area is 163 Å². The van der Waals surface area contributed by atoms with Gasteiger partial charge in [-0.05, 0) is 36.2 Å². The summed E-state index contributed by atoms with van der Waals surface area (Å²) in [4.78, 5) is 16.0. The quantitative estimate of drug-likeness (QED) is 0.677. The van der Waals surface area contributed by atoms with Gasteiger partial charge in [-0.25, -0.2) is 13.2 Å². The van der Waals surface area contributed by atoms with Gasteiger partial charge in [-0.1, -0.05) is 17.7 Å². The van der Waals surface area contributed by atoms with Crippen LogP contribution in [-0.2, 0) is 6.54 Å². The zero-order chi connectivity index (χ0) is 20.4. The molecule has 0 amide bonds. The number of methoxy groups -OCH3 is 1. The van der Waals surface area contributed by atoms with E-state index in [4.69, 9.17) is 16.3 Å².